The molecule has 142 valence electrons. The molecule has 0 N–H and O–H groups in total. The molecule has 0 radical (unpaired) electrons. The van der Waals surface area contributed by atoms with Crippen molar-refractivity contribution in [2.45, 2.75) is 13.0 Å². The zero-order chi connectivity index (χ0) is 18.6. The number of aromatic nitrogens is 2. The van der Waals surface area contributed by atoms with Crippen LogP contribution in [0.5, 0.6) is 0 Å². The summed E-state index contributed by atoms with van der Waals surface area (Å²) in [6.45, 7) is 5.73. The van der Waals surface area contributed by atoms with Crippen LogP contribution in [0.15, 0.2) is 36.5 Å². The number of nitrogens with zero attached hydrogens (tertiary/aromatic N) is 5. The summed E-state index contributed by atoms with van der Waals surface area (Å²) in [5, 5.41) is 0. The van der Waals surface area contributed by atoms with E-state index >= 15 is 0 Å². The predicted octanol–water partition coefficient (Wildman–Crippen LogP) is 1.33. The van der Waals surface area contributed by atoms with Crippen LogP contribution in [0.2, 0.25) is 0 Å². The molecule has 27 heavy (non-hydrogen) atoms. The molecule has 1 saturated heterocycles. The average molecular weight is 367 g/mol. The van der Waals surface area contributed by atoms with Crippen molar-refractivity contribution in [3.05, 3.63) is 47.7 Å². The molecule has 0 spiro atoms. The monoisotopic (exact) mass is 367 g/mol. The first-order valence-electron chi connectivity index (χ1n) is 9.41. The fourth-order valence-electron chi connectivity index (χ4n) is 3.64. The van der Waals surface area contributed by atoms with Gasteiger partial charge in [-0.15, -0.1) is 0 Å². The Kier molecular flexibility index (Phi) is 5.31. The maximum Gasteiger partial charge on any atom is 0.232 e. The molecule has 3 heterocycles. The molecule has 2 aromatic rings. The molecule has 0 unspecified atom stereocenters. The first-order valence-corrected chi connectivity index (χ1v) is 9.41. The number of ether oxygens (including phenoxy) is 1. The van der Waals surface area contributed by atoms with Crippen molar-refractivity contribution in [1.29, 1.82) is 0 Å². The van der Waals surface area contributed by atoms with Crippen molar-refractivity contribution in [3.63, 3.8) is 0 Å². The second-order valence-corrected chi connectivity index (χ2v) is 6.98. The predicted molar refractivity (Wildman–Crippen MR) is 104 cm³/mol. The van der Waals surface area contributed by atoms with Crippen molar-refractivity contribution in [1.82, 2.24) is 14.9 Å². The Morgan fingerprint density at radius 1 is 1.11 bits per heavy atom. The van der Waals surface area contributed by atoms with Gasteiger partial charge in [-0.2, -0.15) is 4.98 Å². The lowest BCUT2D eigenvalue weighted by Crippen LogP contribution is -2.46. The molecular weight excluding hydrogens is 342 g/mol. The highest BCUT2D eigenvalue weighted by Gasteiger charge is 2.30. The number of fused-ring (bicyclic) bond motifs is 1. The molecule has 2 aliphatic heterocycles. The summed E-state index contributed by atoms with van der Waals surface area (Å²) in [6.07, 6.45) is 2.18. The van der Waals surface area contributed by atoms with Gasteiger partial charge in [0.05, 0.1) is 19.6 Å². The minimum absolute atomic E-state index is 0.0705. The first kappa shape index (κ1) is 17.9. The van der Waals surface area contributed by atoms with Gasteiger partial charge in [-0.25, -0.2) is 4.98 Å². The van der Waals surface area contributed by atoms with Crippen LogP contribution in [0, 0.1) is 0 Å². The lowest BCUT2D eigenvalue weighted by atomic mass is 10.2. The second kappa shape index (κ2) is 8.02. The van der Waals surface area contributed by atoms with Crippen LogP contribution in [0.4, 0.5) is 11.8 Å². The maximum atomic E-state index is 12.2. The smallest absolute Gasteiger partial charge is 0.232 e. The van der Waals surface area contributed by atoms with E-state index in [-0.39, 0.29) is 5.91 Å². The number of rotatable bonds is 6. The number of piperazine rings is 1. The van der Waals surface area contributed by atoms with Crippen LogP contribution in [-0.2, 0) is 22.5 Å². The van der Waals surface area contributed by atoms with E-state index in [9.17, 15) is 4.79 Å². The molecule has 0 saturated carbocycles. The van der Waals surface area contributed by atoms with Crippen LogP contribution >= 0.6 is 0 Å². The van der Waals surface area contributed by atoms with Gasteiger partial charge in [0.15, 0.2) is 0 Å². The molecule has 0 aliphatic carbocycles. The second-order valence-electron chi connectivity index (χ2n) is 6.98. The van der Waals surface area contributed by atoms with Crippen molar-refractivity contribution < 1.29 is 9.53 Å². The Morgan fingerprint density at radius 3 is 2.63 bits per heavy atom. The fourth-order valence-corrected chi connectivity index (χ4v) is 3.64. The number of anilines is 2. The highest BCUT2D eigenvalue weighted by Crippen LogP contribution is 2.28. The van der Waals surface area contributed by atoms with Crippen molar-refractivity contribution in [2.75, 3.05) is 56.2 Å². The Hall–Kier alpha value is -2.51. The number of hydrogen-bond donors (Lipinski definition) is 0. The summed E-state index contributed by atoms with van der Waals surface area (Å²) in [5.74, 6) is 1.53. The maximum absolute atomic E-state index is 12.2. The van der Waals surface area contributed by atoms with Crippen molar-refractivity contribution >= 4 is 17.7 Å². The van der Waals surface area contributed by atoms with Crippen LogP contribution in [-0.4, -0.2) is 67.2 Å². The number of benzene rings is 1. The molecule has 7 heteroatoms. The number of amides is 1. The quantitative estimate of drug-likeness (QED) is 0.768. The number of methoxy groups -OCH3 is 1. The highest BCUT2D eigenvalue weighted by molar-refractivity contribution is 6.00. The van der Waals surface area contributed by atoms with E-state index in [2.05, 4.69) is 39.0 Å². The summed E-state index contributed by atoms with van der Waals surface area (Å²) in [7, 11) is 1.64. The topological polar surface area (TPSA) is 61.8 Å². The van der Waals surface area contributed by atoms with Gasteiger partial charge in [0.25, 0.3) is 0 Å². The van der Waals surface area contributed by atoms with E-state index in [4.69, 9.17) is 9.72 Å². The average Bonchev–Trinajstić information content (AvgIpc) is 3.02. The third-order valence-electron chi connectivity index (χ3n) is 5.15. The van der Waals surface area contributed by atoms with Gasteiger partial charge in [-0.1, -0.05) is 30.3 Å². The van der Waals surface area contributed by atoms with Crippen LogP contribution in [0.3, 0.4) is 0 Å². The molecule has 2 aliphatic rings. The molecule has 1 aromatic carbocycles. The fraction of sp³-hybridized carbons (Fsp3) is 0.450. The van der Waals surface area contributed by atoms with Gasteiger partial charge < -0.3 is 9.64 Å². The molecule has 1 aromatic heterocycles. The summed E-state index contributed by atoms with van der Waals surface area (Å²) in [5.41, 5.74) is 2.24. The first-order chi connectivity index (χ1) is 13.2. The van der Waals surface area contributed by atoms with Crippen LogP contribution in [0.1, 0.15) is 11.1 Å². The standard InChI is InChI=1S/C20H25N5O2/c1-27-12-11-25-18(26)13-17-14-21-20(22-19(17)25)24-9-7-23(8-10-24)15-16-5-3-2-4-6-16/h2-6,14H,7-13,15H2,1H3. The normalized spacial score (nSPS) is 17.4. The Balaban J connectivity index is 1.40. The SMILES string of the molecule is COCCN1C(=O)Cc2cnc(N3CCN(Cc4ccccc4)CC3)nc21. The van der Waals surface area contributed by atoms with Gasteiger partial charge in [0.1, 0.15) is 5.82 Å². The minimum Gasteiger partial charge on any atom is -0.383 e. The number of carbonyl (C=O) groups is 1. The summed E-state index contributed by atoms with van der Waals surface area (Å²) >= 11 is 0. The number of hydrogen-bond acceptors (Lipinski definition) is 6. The molecular formula is C20H25N5O2. The van der Waals surface area contributed by atoms with Gasteiger partial charge in [0, 0.05) is 51.6 Å². The van der Waals surface area contributed by atoms with E-state index in [1.807, 2.05) is 6.07 Å². The van der Waals surface area contributed by atoms with E-state index in [1.54, 1.807) is 18.2 Å². The molecule has 0 bridgehead atoms. The number of carbonyl (C=O) groups excluding carboxylic acids is 1. The molecule has 1 amide bonds. The van der Waals surface area contributed by atoms with E-state index in [0.29, 0.717) is 25.5 Å². The molecule has 4 rings (SSSR count). The Labute approximate surface area is 159 Å². The van der Waals surface area contributed by atoms with Gasteiger partial charge in [0.2, 0.25) is 11.9 Å². The van der Waals surface area contributed by atoms with Gasteiger partial charge in [-0.05, 0) is 5.56 Å². The Morgan fingerprint density at radius 2 is 1.89 bits per heavy atom. The molecule has 7 nitrogen and oxygen atoms in total. The third-order valence-corrected chi connectivity index (χ3v) is 5.15. The van der Waals surface area contributed by atoms with Crippen LogP contribution < -0.4 is 9.80 Å². The summed E-state index contributed by atoms with van der Waals surface area (Å²) in [6, 6.07) is 10.6. The van der Waals surface area contributed by atoms with E-state index < -0.39 is 0 Å². The van der Waals surface area contributed by atoms with E-state index in [0.717, 1.165) is 44.1 Å². The third kappa shape index (κ3) is 3.94. The molecule has 1 fully saturated rings. The van der Waals surface area contributed by atoms with E-state index in [1.165, 1.54) is 5.56 Å². The lowest BCUT2D eigenvalue weighted by molar-refractivity contribution is -0.117. The largest absolute Gasteiger partial charge is 0.383 e. The zero-order valence-corrected chi connectivity index (χ0v) is 15.7. The minimum atomic E-state index is 0.0705. The Bertz CT molecular complexity index is 790. The highest BCUT2D eigenvalue weighted by atomic mass is 16.5. The zero-order valence-electron chi connectivity index (χ0n) is 15.7. The lowest BCUT2D eigenvalue weighted by Gasteiger charge is -2.35. The van der Waals surface area contributed by atoms with Crippen LogP contribution in [0.25, 0.3) is 0 Å². The van der Waals surface area contributed by atoms with Gasteiger partial charge >= 0.3 is 0 Å². The van der Waals surface area contributed by atoms with Crippen molar-refractivity contribution in [3.8, 4) is 0 Å². The van der Waals surface area contributed by atoms with Crippen molar-refractivity contribution in [2.24, 2.45) is 0 Å². The molecule has 0 atom stereocenters. The summed E-state index contributed by atoms with van der Waals surface area (Å²) < 4.78 is 5.12. The summed E-state index contributed by atoms with van der Waals surface area (Å²) in [4.78, 5) is 27.8. The van der Waals surface area contributed by atoms with Gasteiger partial charge in [-0.3, -0.25) is 14.6 Å².